The fourth-order valence-corrected chi connectivity index (χ4v) is 3.89. The summed E-state index contributed by atoms with van der Waals surface area (Å²) in [5.74, 6) is -1.18. The zero-order chi connectivity index (χ0) is 21.8. The molecule has 1 aliphatic rings. The highest BCUT2D eigenvalue weighted by Crippen LogP contribution is 2.41. The number of carboxylic acids is 1. The highest BCUT2D eigenvalue weighted by molar-refractivity contribution is 5.87. The molecule has 0 aliphatic carbocycles. The Balaban J connectivity index is 1.96. The van der Waals surface area contributed by atoms with Crippen LogP contribution in [0, 0.1) is 11.2 Å². The minimum atomic E-state index is -1.26. The number of hydrogen-bond acceptors (Lipinski definition) is 4. The van der Waals surface area contributed by atoms with Gasteiger partial charge in [-0.15, -0.1) is 0 Å². The van der Waals surface area contributed by atoms with Gasteiger partial charge in [-0.05, 0) is 29.7 Å². The lowest BCUT2D eigenvalue weighted by atomic mass is 9.85. The van der Waals surface area contributed by atoms with Crippen molar-refractivity contribution in [3.8, 4) is 28.4 Å². The standard InChI is InChI=1S/C22H22FN3O4/c1-22(2,3)20-11-26-17(16-9-18(27)14(21(28)29)10-25(16)20)8-15(24-26)13-7-12(23)5-6-19(13)30-4/h5-10,20H,11H2,1-4H3,(H,28,29)/t20-/m0/s1. The van der Waals surface area contributed by atoms with Crippen molar-refractivity contribution in [2.24, 2.45) is 5.41 Å². The number of hydrogen-bond donors (Lipinski definition) is 1. The summed E-state index contributed by atoms with van der Waals surface area (Å²) in [5, 5.41) is 14.1. The number of ether oxygens (including phenoxy) is 1. The Hall–Kier alpha value is -3.42. The molecule has 1 atom stereocenters. The molecule has 0 radical (unpaired) electrons. The van der Waals surface area contributed by atoms with E-state index in [0.29, 0.717) is 34.9 Å². The molecule has 1 aliphatic heterocycles. The summed E-state index contributed by atoms with van der Waals surface area (Å²) in [4.78, 5) is 23.9. The van der Waals surface area contributed by atoms with Crippen molar-refractivity contribution in [2.45, 2.75) is 33.4 Å². The molecule has 8 heteroatoms. The highest BCUT2D eigenvalue weighted by atomic mass is 19.1. The zero-order valence-corrected chi connectivity index (χ0v) is 17.1. The van der Waals surface area contributed by atoms with Gasteiger partial charge in [0, 0.05) is 17.8 Å². The van der Waals surface area contributed by atoms with Crippen LogP contribution in [-0.4, -0.2) is 32.5 Å². The molecule has 0 saturated carbocycles. The molecule has 3 aromatic rings. The second-order valence-electron chi connectivity index (χ2n) is 8.47. The number of benzene rings is 1. The highest BCUT2D eigenvalue weighted by Gasteiger charge is 2.34. The molecule has 7 nitrogen and oxygen atoms in total. The fourth-order valence-electron chi connectivity index (χ4n) is 3.89. The van der Waals surface area contributed by atoms with Gasteiger partial charge in [-0.25, -0.2) is 9.18 Å². The van der Waals surface area contributed by atoms with Gasteiger partial charge in [0.25, 0.3) is 0 Å². The molecule has 0 saturated heterocycles. The molecule has 2 aromatic heterocycles. The van der Waals surface area contributed by atoms with Gasteiger partial charge >= 0.3 is 5.97 Å². The summed E-state index contributed by atoms with van der Waals surface area (Å²) in [6, 6.07) is 7.17. The van der Waals surface area contributed by atoms with Crippen LogP contribution in [0.4, 0.5) is 4.39 Å². The van der Waals surface area contributed by atoms with Crippen LogP contribution in [0.25, 0.3) is 22.6 Å². The van der Waals surface area contributed by atoms with E-state index >= 15 is 0 Å². The summed E-state index contributed by atoms with van der Waals surface area (Å²) >= 11 is 0. The van der Waals surface area contributed by atoms with Gasteiger partial charge < -0.3 is 14.4 Å². The summed E-state index contributed by atoms with van der Waals surface area (Å²) in [5.41, 5.74) is 1.17. The van der Waals surface area contributed by atoms with Crippen LogP contribution in [0.1, 0.15) is 37.2 Å². The van der Waals surface area contributed by atoms with Crippen LogP contribution in [0.15, 0.2) is 41.3 Å². The number of aromatic carboxylic acids is 1. The molecule has 0 spiro atoms. The Morgan fingerprint density at radius 3 is 2.60 bits per heavy atom. The van der Waals surface area contributed by atoms with Crippen LogP contribution in [0.3, 0.4) is 0 Å². The number of carbonyl (C=O) groups is 1. The van der Waals surface area contributed by atoms with E-state index in [4.69, 9.17) is 4.74 Å². The van der Waals surface area contributed by atoms with E-state index in [-0.39, 0.29) is 17.0 Å². The first kappa shape index (κ1) is 19.9. The maximum Gasteiger partial charge on any atom is 0.341 e. The lowest BCUT2D eigenvalue weighted by molar-refractivity contribution is 0.0693. The molecule has 1 N–H and O–H groups in total. The van der Waals surface area contributed by atoms with Gasteiger partial charge in [0.2, 0.25) is 0 Å². The number of methoxy groups -OCH3 is 1. The summed E-state index contributed by atoms with van der Waals surface area (Å²) < 4.78 is 22.9. The number of aromatic nitrogens is 3. The Morgan fingerprint density at radius 2 is 1.97 bits per heavy atom. The molecule has 156 valence electrons. The average Bonchev–Trinajstić information content (AvgIpc) is 3.10. The number of pyridine rings is 1. The van der Waals surface area contributed by atoms with Crippen LogP contribution in [-0.2, 0) is 6.54 Å². The van der Waals surface area contributed by atoms with Crippen molar-refractivity contribution in [1.82, 2.24) is 14.3 Å². The molecule has 0 fully saturated rings. The van der Waals surface area contributed by atoms with Gasteiger partial charge in [-0.2, -0.15) is 5.10 Å². The predicted octanol–water partition coefficient (Wildman–Crippen LogP) is 3.83. The Morgan fingerprint density at radius 1 is 1.23 bits per heavy atom. The molecule has 3 heterocycles. The lowest BCUT2D eigenvalue weighted by Gasteiger charge is -2.38. The second-order valence-corrected chi connectivity index (χ2v) is 8.47. The van der Waals surface area contributed by atoms with Crippen LogP contribution >= 0.6 is 0 Å². The van der Waals surface area contributed by atoms with Gasteiger partial charge in [0.1, 0.15) is 17.1 Å². The second kappa shape index (κ2) is 6.83. The largest absolute Gasteiger partial charge is 0.496 e. The van der Waals surface area contributed by atoms with E-state index < -0.39 is 17.2 Å². The molecule has 0 amide bonds. The van der Waals surface area contributed by atoms with Crippen molar-refractivity contribution in [2.75, 3.05) is 7.11 Å². The van der Waals surface area contributed by atoms with E-state index in [1.54, 1.807) is 16.8 Å². The van der Waals surface area contributed by atoms with Crippen LogP contribution < -0.4 is 10.2 Å². The van der Waals surface area contributed by atoms with Crippen molar-refractivity contribution in [3.05, 3.63) is 58.1 Å². The fraction of sp³-hybridized carbons (Fsp3) is 0.318. The third-order valence-corrected chi connectivity index (χ3v) is 5.47. The maximum absolute atomic E-state index is 13.9. The Labute approximate surface area is 172 Å². The topological polar surface area (TPSA) is 86.3 Å². The number of fused-ring (bicyclic) bond motifs is 3. The first-order chi connectivity index (χ1) is 14.1. The minimum absolute atomic E-state index is 0.138. The van der Waals surface area contributed by atoms with Gasteiger partial charge in [0.15, 0.2) is 5.43 Å². The third kappa shape index (κ3) is 3.18. The van der Waals surface area contributed by atoms with E-state index in [2.05, 4.69) is 5.10 Å². The van der Waals surface area contributed by atoms with E-state index in [1.165, 1.54) is 31.5 Å². The normalized spacial score (nSPS) is 15.4. The summed E-state index contributed by atoms with van der Waals surface area (Å²) in [7, 11) is 1.50. The minimum Gasteiger partial charge on any atom is -0.496 e. The van der Waals surface area contributed by atoms with Crippen molar-refractivity contribution < 1.29 is 19.0 Å². The predicted molar refractivity (Wildman–Crippen MR) is 109 cm³/mol. The number of halogens is 1. The number of nitrogens with zero attached hydrogens (tertiary/aromatic N) is 3. The molecule has 0 bridgehead atoms. The van der Waals surface area contributed by atoms with Crippen molar-refractivity contribution >= 4 is 5.97 Å². The first-order valence-electron chi connectivity index (χ1n) is 9.51. The van der Waals surface area contributed by atoms with Crippen LogP contribution in [0.5, 0.6) is 5.75 Å². The number of carboxylic acid groups (broad SMARTS) is 1. The first-order valence-corrected chi connectivity index (χ1v) is 9.51. The molecular formula is C22H22FN3O4. The van der Waals surface area contributed by atoms with Crippen molar-refractivity contribution in [1.29, 1.82) is 0 Å². The monoisotopic (exact) mass is 411 g/mol. The lowest BCUT2D eigenvalue weighted by Crippen LogP contribution is -2.35. The molecule has 0 unspecified atom stereocenters. The molecular weight excluding hydrogens is 389 g/mol. The van der Waals surface area contributed by atoms with E-state index in [1.807, 2.05) is 25.3 Å². The summed E-state index contributed by atoms with van der Waals surface area (Å²) in [6.45, 7) is 6.62. The third-order valence-electron chi connectivity index (χ3n) is 5.47. The number of rotatable bonds is 3. The van der Waals surface area contributed by atoms with Crippen LogP contribution in [0.2, 0.25) is 0 Å². The van der Waals surface area contributed by atoms with E-state index in [0.717, 1.165) is 0 Å². The van der Waals surface area contributed by atoms with Crippen molar-refractivity contribution in [3.63, 3.8) is 0 Å². The van der Waals surface area contributed by atoms with Gasteiger partial charge in [0.05, 0.1) is 36.8 Å². The molecule has 30 heavy (non-hydrogen) atoms. The average molecular weight is 411 g/mol. The quantitative estimate of drug-likeness (QED) is 0.708. The Kier molecular flexibility index (Phi) is 4.52. The van der Waals surface area contributed by atoms with E-state index in [9.17, 15) is 19.1 Å². The summed E-state index contributed by atoms with van der Waals surface area (Å²) in [6.07, 6.45) is 1.41. The smallest absolute Gasteiger partial charge is 0.341 e. The Bertz CT molecular complexity index is 1220. The van der Waals surface area contributed by atoms with Gasteiger partial charge in [-0.1, -0.05) is 20.8 Å². The zero-order valence-electron chi connectivity index (χ0n) is 17.1. The molecule has 4 rings (SSSR count). The SMILES string of the molecule is COc1ccc(F)cc1-c1cc2n(n1)C[C@@H](C(C)(C)C)n1cc(C(=O)O)c(=O)cc1-2. The maximum atomic E-state index is 13.9. The van der Waals surface area contributed by atoms with Gasteiger partial charge in [-0.3, -0.25) is 9.48 Å². The molecule has 1 aromatic carbocycles.